The Bertz CT molecular complexity index is 609. The number of hydrogen-bond acceptors (Lipinski definition) is 4. The van der Waals surface area contributed by atoms with Crippen LogP contribution in [0.15, 0.2) is 72.8 Å². The highest BCUT2D eigenvalue weighted by Crippen LogP contribution is 2.18. The van der Waals surface area contributed by atoms with E-state index in [9.17, 15) is 4.39 Å². The Morgan fingerprint density at radius 3 is 2.64 bits per heavy atom. The summed E-state index contributed by atoms with van der Waals surface area (Å²) in [5.41, 5.74) is 8.56. The predicted octanol–water partition coefficient (Wildman–Crippen LogP) is 4.63. The van der Waals surface area contributed by atoms with Crippen molar-refractivity contribution in [3.05, 3.63) is 78.9 Å². The monoisotopic (exact) mass is 345 g/mol. The molecule has 0 aliphatic heterocycles. The molecule has 0 saturated heterocycles. The van der Waals surface area contributed by atoms with Gasteiger partial charge < -0.3 is 10.5 Å². The zero-order valence-corrected chi connectivity index (χ0v) is 15.1. The highest BCUT2D eigenvalue weighted by atomic mass is 19.1. The first-order chi connectivity index (χ1) is 12.0. The van der Waals surface area contributed by atoms with E-state index in [-0.39, 0.29) is 5.83 Å². The molecular formula is C20H28FN3O. The van der Waals surface area contributed by atoms with E-state index in [2.05, 4.69) is 25.0 Å². The van der Waals surface area contributed by atoms with Gasteiger partial charge in [-0.05, 0) is 49.3 Å². The molecule has 0 bridgehead atoms. The summed E-state index contributed by atoms with van der Waals surface area (Å²) in [4.78, 5) is 0. The minimum Gasteiger partial charge on any atom is -0.501 e. The standard InChI is InChI=1S/C12H17N3.C8H11FO/c1-4-15(14-3)10(2)12-7-5-6-11(8-12)9-13;1-3-8(9)6-5-7-10-4-2/h5-8H,2-4,9,13H2,1H3;3,5-7H,1,4H2,2H3/b;7-5+,8-6+. The second-order valence-corrected chi connectivity index (χ2v) is 4.75. The number of nitrogens with two attached hydrogens (primary N) is 1. The number of hydrazone groups is 1. The van der Waals surface area contributed by atoms with E-state index in [0.29, 0.717) is 13.2 Å². The van der Waals surface area contributed by atoms with Gasteiger partial charge in [-0.3, -0.25) is 5.01 Å². The normalized spacial score (nSPS) is 10.6. The molecule has 0 unspecified atom stereocenters. The Labute approximate surface area is 150 Å². The Balaban J connectivity index is 0.000000504. The fourth-order valence-corrected chi connectivity index (χ4v) is 1.75. The topological polar surface area (TPSA) is 50.8 Å². The molecular weight excluding hydrogens is 317 g/mol. The lowest BCUT2D eigenvalue weighted by atomic mass is 10.1. The van der Waals surface area contributed by atoms with Crippen LogP contribution in [0.25, 0.3) is 5.70 Å². The van der Waals surface area contributed by atoms with Crippen LogP contribution in [0.2, 0.25) is 0 Å². The lowest BCUT2D eigenvalue weighted by Crippen LogP contribution is -2.13. The third-order valence-electron chi connectivity index (χ3n) is 3.07. The smallest absolute Gasteiger partial charge is 0.122 e. The zero-order valence-electron chi connectivity index (χ0n) is 15.1. The van der Waals surface area contributed by atoms with Crippen LogP contribution in [0.3, 0.4) is 0 Å². The van der Waals surface area contributed by atoms with Crippen LogP contribution in [-0.4, -0.2) is 24.9 Å². The van der Waals surface area contributed by atoms with Gasteiger partial charge in [-0.2, -0.15) is 5.10 Å². The lowest BCUT2D eigenvalue weighted by Gasteiger charge is -2.19. The van der Waals surface area contributed by atoms with Crippen molar-refractivity contribution in [1.29, 1.82) is 0 Å². The second kappa shape index (κ2) is 13.7. The maximum absolute atomic E-state index is 12.2. The summed E-state index contributed by atoms with van der Waals surface area (Å²) in [5.74, 6) is -0.365. The third-order valence-corrected chi connectivity index (χ3v) is 3.07. The number of rotatable bonds is 9. The molecule has 136 valence electrons. The van der Waals surface area contributed by atoms with Crippen molar-refractivity contribution in [2.24, 2.45) is 10.8 Å². The predicted molar refractivity (Wildman–Crippen MR) is 105 cm³/mol. The van der Waals surface area contributed by atoms with Crippen LogP contribution >= 0.6 is 0 Å². The largest absolute Gasteiger partial charge is 0.501 e. The van der Waals surface area contributed by atoms with Gasteiger partial charge in [-0.25, -0.2) is 4.39 Å². The van der Waals surface area contributed by atoms with Gasteiger partial charge in [-0.1, -0.05) is 31.4 Å². The number of hydrogen-bond donors (Lipinski definition) is 1. The van der Waals surface area contributed by atoms with Gasteiger partial charge in [0.2, 0.25) is 0 Å². The van der Waals surface area contributed by atoms with Gasteiger partial charge in [0.05, 0.1) is 18.6 Å². The molecule has 25 heavy (non-hydrogen) atoms. The van der Waals surface area contributed by atoms with Gasteiger partial charge in [0, 0.05) is 19.8 Å². The number of nitrogens with zero attached hydrogens (tertiary/aromatic N) is 2. The third kappa shape index (κ3) is 9.27. The molecule has 0 aliphatic carbocycles. The quantitative estimate of drug-likeness (QED) is 0.307. The lowest BCUT2D eigenvalue weighted by molar-refractivity contribution is 0.269. The van der Waals surface area contributed by atoms with Gasteiger partial charge in [0.1, 0.15) is 5.83 Å². The highest BCUT2D eigenvalue weighted by molar-refractivity contribution is 5.62. The van der Waals surface area contributed by atoms with Crippen molar-refractivity contribution in [2.75, 3.05) is 13.2 Å². The summed E-state index contributed by atoms with van der Waals surface area (Å²) < 4.78 is 17.0. The number of halogens is 1. The van der Waals surface area contributed by atoms with Crippen molar-refractivity contribution in [3.8, 4) is 0 Å². The molecule has 0 aromatic heterocycles. The molecule has 0 saturated carbocycles. The molecule has 5 heteroatoms. The van der Waals surface area contributed by atoms with Crippen molar-refractivity contribution in [3.63, 3.8) is 0 Å². The molecule has 4 nitrogen and oxygen atoms in total. The van der Waals surface area contributed by atoms with Crippen LogP contribution < -0.4 is 5.73 Å². The molecule has 2 N–H and O–H groups in total. The van der Waals surface area contributed by atoms with Crippen LogP contribution in [0, 0.1) is 0 Å². The summed E-state index contributed by atoms with van der Waals surface area (Å²) in [7, 11) is 0. The molecule has 1 rings (SSSR count). The highest BCUT2D eigenvalue weighted by Gasteiger charge is 2.05. The van der Waals surface area contributed by atoms with E-state index in [1.807, 2.05) is 38.1 Å². The summed E-state index contributed by atoms with van der Waals surface area (Å²) in [6.07, 6.45) is 5.34. The minimum atomic E-state index is -0.365. The van der Waals surface area contributed by atoms with Crippen molar-refractivity contribution in [1.82, 2.24) is 5.01 Å². The van der Waals surface area contributed by atoms with Crippen molar-refractivity contribution < 1.29 is 9.13 Å². The maximum atomic E-state index is 12.2. The molecule has 0 amide bonds. The summed E-state index contributed by atoms with van der Waals surface area (Å²) in [5, 5.41) is 5.65. The molecule has 1 aromatic rings. The Morgan fingerprint density at radius 1 is 1.40 bits per heavy atom. The zero-order chi connectivity index (χ0) is 19.1. The SMILES string of the molecule is C=C/C(F)=C\C=C\OCC.C=NN(CC)C(=C)c1cccc(CN)c1. The Morgan fingerprint density at radius 2 is 2.12 bits per heavy atom. The van der Waals surface area contributed by atoms with Gasteiger partial charge in [0.15, 0.2) is 0 Å². The molecule has 0 fully saturated rings. The van der Waals surface area contributed by atoms with Crippen molar-refractivity contribution >= 4 is 12.4 Å². The molecule has 0 heterocycles. The van der Waals surface area contributed by atoms with E-state index < -0.39 is 0 Å². The van der Waals surface area contributed by atoms with E-state index in [0.717, 1.165) is 29.4 Å². The number of ether oxygens (including phenoxy) is 1. The van der Waals surface area contributed by atoms with Gasteiger partial charge in [0.25, 0.3) is 0 Å². The Kier molecular flexibility index (Phi) is 12.3. The average molecular weight is 345 g/mol. The fraction of sp³-hybridized carbons (Fsp3) is 0.250. The van der Waals surface area contributed by atoms with Gasteiger partial charge in [-0.15, -0.1) is 0 Å². The van der Waals surface area contributed by atoms with Crippen LogP contribution in [0.4, 0.5) is 4.39 Å². The molecule has 0 spiro atoms. The summed E-state index contributed by atoms with van der Waals surface area (Å²) >= 11 is 0. The number of benzene rings is 1. The van der Waals surface area contributed by atoms with Crippen LogP contribution in [0.5, 0.6) is 0 Å². The first kappa shape index (κ1) is 22.3. The Hall–Kier alpha value is -2.66. The fourth-order valence-electron chi connectivity index (χ4n) is 1.75. The van der Waals surface area contributed by atoms with Crippen molar-refractivity contribution in [2.45, 2.75) is 20.4 Å². The van der Waals surface area contributed by atoms with E-state index in [4.69, 9.17) is 10.5 Å². The maximum Gasteiger partial charge on any atom is 0.122 e. The molecule has 0 aliphatic rings. The number of allylic oxidation sites excluding steroid dienone is 4. The first-order valence-corrected chi connectivity index (χ1v) is 8.02. The van der Waals surface area contributed by atoms with E-state index in [1.165, 1.54) is 18.4 Å². The van der Waals surface area contributed by atoms with Crippen LogP contribution in [-0.2, 0) is 11.3 Å². The minimum absolute atomic E-state index is 0.365. The molecule has 1 aromatic carbocycles. The van der Waals surface area contributed by atoms with E-state index in [1.54, 1.807) is 5.01 Å². The molecule has 0 radical (unpaired) electrons. The summed E-state index contributed by atoms with van der Waals surface area (Å²) in [6.45, 7) is 16.5. The van der Waals surface area contributed by atoms with E-state index >= 15 is 0 Å². The first-order valence-electron chi connectivity index (χ1n) is 8.02. The van der Waals surface area contributed by atoms with Gasteiger partial charge >= 0.3 is 0 Å². The second-order valence-electron chi connectivity index (χ2n) is 4.75. The average Bonchev–Trinajstić information content (AvgIpc) is 2.66. The van der Waals surface area contributed by atoms with Crippen LogP contribution in [0.1, 0.15) is 25.0 Å². The summed E-state index contributed by atoms with van der Waals surface area (Å²) in [6, 6.07) is 7.99. The molecule has 0 atom stereocenters.